The third kappa shape index (κ3) is 2.91. The zero-order valence-electron chi connectivity index (χ0n) is 9.59. The molecule has 0 bridgehead atoms. The van der Waals surface area contributed by atoms with Gasteiger partial charge in [-0.1, -0.05) is 28.1 Å². The number of halogens is 1. The first-order valence-electron chi connectivity index (χ1n) is 5.16. The Hall–Kier alpha value is -1.33. The molecule has 18 heavy (non-hydrogen) atoms. The molecule has 0 fully saturated rings. The van der Waals surface area contributed by atoms with Gasteiger partial charge in [-0.3, -0.25) is 0 Å². The molecule has 1 N–H and O–H groups in total. The normalized spacial score (nSPS) is 11.4. The van der Waals surface area contributed by atoms with Crippen LogP contribution >= 0.6 is 15.9 Å². The largest absolute Gasteiger partial charge is 0.508 e. The Bertz CT molecular complexity index is 673. The van der Waals surface area contributed by atoms with Crippen LogP contribution in [0.1, 0.15) is 0 Å². The Morgan fingerprint density at radius 2 is 1.78 bits per heavy atom. The van der Waals surface area contributed by atoms with Gasteiger partial charge >= 0.3 is 0 Å². The minimum atomic E-state index is -3.23. The van der Waals surface area contributed by atoms with E-state index >= 15 is 0 Å². The van der Waals surface area contributed by atoms with E-state index in [1.165, 1.54) is 6.26 Å². The number of phenols is 1. The van der Waals surface area contributed by atoms with E-state index in [0.717, 1.165) is 15.6 Å². The van der Waals surface area contributed by atoms with E-state index in [4.69, 9.17) is 0 Å². The van der Waals surface area contributed by atoms with Crippen LogP contribution in [0.4, 0.5) is 0 Å². The van der Waals surface area contributed by atoms with E-state index in [-0.39, 0.29) is 10.6 Å². The highest BCUT2D eigenvalue weighted by Gasteiger charge is 2.09. The number of benzene rings is 2. The Kier molecular flexibility index (Phi) is 3.45. The number of phenolic OH excluding ortho intramolecular Hbond substituents is 1. The SMILES string of the molecule is CS(=O)(=O)c1cccc(-c2cc(O)cc(Br)c2)c1. The molecule has 0 aliphatic heterocycles. The van der Waals surface area contributed by atoms with E-state index in [1.54, 1.807) is 36.4 Å². The summed E-state index contributed by atoms with van der Waals surface area (Å²) in [4.78, 5) is 0.263. The average Bonchev–Trinajstić information content (AvgIpc) is 2.27. The van der Waals surface area contributed by atoms with Gasteiger partial charge in [0.2, 0.25) is 0 Å². The molecule has 5 heteroatoms. The molecule has 0 saturated carbocycles. The first-order valence-corrected chi connectivity index (χ1v) is 7.85. The lowest BCUT2D eigenvalue weighted by atomic mass is 10.1. The summed E-state index contributed by atoms with van der Waals surface area (Å²) in [6.07, 6.45) is 1.17. The van der Waals surface area contributed by atoms with Crippen molar-refractivity contribution in [3.8, 4) is 16.9 Å². The maximum Gasteiger partial charge on any atom is 0.175 e. The van der Waals surface area contributed by atoms with Gasteiger partial charge in [0.05, 0.1) is 4.90 Å². The van der Waals surface area contributed by atoms with Crippen molar-refractivity contribution in [2.45, 2.75) is 4.90 Å². The van der Waals surface area contributed by atoms with E-state index in [9.17, 15) is 13.5 Å². The summed E-state index contributed by atoms with van der Waals surface area (Å²) in [5, 5.41) is 9.54. The highest BCUT2D eigenvalue weighted by atomic mass is 79.9. The average molecular weight is 327 g/mol. The molecule has 94 valence electrons. The molecule has 0 spiro atoms. The van der Waals surface area contributed by atoms with Crippen LogP contribution in [0.15, 0.2) is 51.8 Å². The van der Waals surface area contributed by atoms with E-state index < -0.39 is 9.84 Å². The Morgan fingerprint density at radius 1 is 1.06 bits per heavy atom. The van der Waals surface area contributed by atoms with Gasteiger partial charge in [0.15, 0.2) is 9.84 Å². The zero-order valence-corrected chi connectivity index (χ0v) is 12.0. The molecule has 0 heterocycles. The topological polar surface area (TPSA) is 54.4 Å². The summed E-state index contributed by atoms with van der Waals surface area (Å²) in [5.41, 5.74) is 1.50. The van der Waals surface area contributed by atoms with Gasteiger partial charge < -0.3 is 5.11 Å². The molecule has 0 atom stereocenters. The Morgan fingerprint density at radius 3 is 2.39 bits per heavy atom. The monoisotopic (exact) mass is 326 g/mol. The fourth-order valence-corrected chi connectivity index (χ4v) is 2.80. The van der Waals surface area contributed by atoms with Crippen molar-refractivity contribution in [1.82, 2.24) is 0 Å². The first-order chi connectivity index (χ1) is 8.36. The van der Waals surface area contributed by atoms with Crippen LogP contribution < -0.4 is 0 Å². The van der Waals surface area contributed by atoms with Crippen molar-refractivity contribution >= 4 is 25.8 Å². The molecule has 2 rings (SSSR count). The second-order valence-corrected chi connectivity index (χ2v) is 6.93. The second kappa shape index (κ2) is 4.74. The summed E-state index contributed by atoms with van der Waals surface area (Å²) in [7, 11) is -3.23. The predicted molar refractivity (Wildman–Crippen MR) is 74.4 cm³/mol. The third-order valence-electron chi connectivity index (χ3n) is 2.48. The van der Waals surface area contributed by atoms with Gasteiger partial charge in [0.25, 0.3) is 0 Å². The molecule has 0 radical (unpaired) electrons. The lowest BCUT2D eigenvalue weighted by molar-refractivity contribution is 0.475. The Labute approximate surface area is 114 Å². The second-order valence-electron chi connectivity index (χ2n) is 4.00. The van der Waals surface area contributed by atoms with E-state index in [0.29, 0.717) is 0 Å². The van der Waals surface area contributed by atoms with Gasteiger partial charge in [-0.15, -0.1) is 0 Å². The zero-order chi connectivity index (χ0) is 13.3. The summed E-state index contributed by atoms with van der Waals surface area (Å²) < 4.78 is 23.7. The molecule has 0 saturated heterocycles. The minimum absolute atomic E-state index is 0.129. The molecule has 0 amide bonds. The van der Waals surface area contributed by atoms with Gasteiger partial charge in [-0.25, -0.2) is 8.42 Å². The number of hydrogen-bond acceptors (Lipinski definition) is 3. The smallest absolute Gasteiger partial charge is 0.175 e. The van der Waals surface area contributed by atoms with Crippen LogP contribution in [0.5, 0.6) is 5.75 Å². The number of rotatable bonds is 2. The molecular formula is C13H11BrO3S. The lowest BCUT2D eigenvalue weighted by Gasteiger charge is -2.06. The Balaban J connectivity index is 2.58. The van der Waals surface area contributed by atoms with Crippen molar-refractivity contribution in [2.24, 2.45) is 0 Å². The van der Waals surface area contributed by atoms with Gasteiger partial charge in [0.1, 0.15) is 5.75 Å². The van der Waals surface area contributed by atoms with Crippen LogP contribution in [0.3, 0.4) is 0 Å². The highest BCUT2D eigenvalue weighted by molar-refractivity contribution is 9.10. The number of aromatic hydroxyl groups is 1. The maximum atomic E-state index is 11.5. The molecule has 0 unspecified atom stereocenters. The number of sulfone groups is 1. The van der Waals surface area contributed by atoms with E-state index in [1.807, 2.05) is 6.07 Å². The highest BCUT2D eigenvalue weighted by Crippen LogP contribution is 2.29. The standard InChI is InChI=1S/C13H11BrO3S/c1-18(16,17)13-4-2-3-9(7-13)10-5-11(14)8-12(15)6-10/h2-8,15H,1H3. The van der Waals surface area contributed by atoms with Crippen molar-refractivity contribution in [2.75, 3.05) is 6.26 Å². The van der Waals surface area contributed by atoms with Gasteiger partial charge in [-0.05, 0) is 41.5 Å². The molecule has 0 aliphatic carbocycles. The third-order valence-corrected chi connectivity index (χ3v) is 4.05. The molecule has 0 aromatic heterocycles. The van der Waals surface area contributed by atoms with Gasteiger partial charge in [0, 0.05) is 10.7 Å². The van der Waals surface area contributed by atoms with Crippen LogP contribution in [0.25, 0.3) is 11.1 Å². The van der Waals surface area contributed by atoms with Crippen molar-refractivity contribution in [3.05, 3.63) is 46.9 Å². The molecule has 2 aromatic rings. The molecule has 0 aliphatic rings. The summed E-state index contributed by atoms with van der Waals surface area (Å²) in [5.74, 6) is 0.129. The van der Waals surface area contributed by atoms with Gasteiger partial charge in [-0.2, -0.15) is 0 Å². The van der Waals surface area contributed by atoms with Crippen molar-refractivity contribution in [3.63, 3.8) is 0 Å². The summed E-state index contributed by atoms with van der Waals surface area (Å²) >= 11 is 3.29. The summed E-state index contributed by atoms with van der Waals surface area (Å²) in [6, 6.07) is 11.6. The van der Waals surface area contributed by atoms with Crippen LogP contribution in [0, 0.1) is 0 Å². The first kappa shape index (κ1) is 13.1. The predicted octanol–water partition coefficient (Wildman–Crippen LogP) is 3.23. The number of hydrogen-bond donors (Lipinski definition) is 1. The lowest BCUT2D eigenvalue weighted by Crippen LogP contribution is -1.96. The minimum Gasteiger partial charge on any atom is -0.508 e. The maximum absolute atomic E-state index is 11.5. The molecular weight excluding hydrogens is 316 g/mol. The van der Waals surface area contributed by atoms with Crippen molar-refractivity contribution < 1.29 is 13.5 Å². The van der Waals surface area contributed by atoms with Crippen molar-refractivity contribution in [1.29, 1.82) is 0 Å². The van der Waals surface area contributed by atoms with Crippen LogP contribution in [-0.2, 0) is 9.84 Å². The fraction of sp³-hybridized carbons (Fsp3) is 0.0769. The quantitative estimate of drug-likeness (QED) is 0.921. The summed E-state index contributed by atoms with van der Waals surface area (Å²) in [6.45, 7) is 0. The van der Waals surface area contributed by atoms with Crippen LogP contribution in [0.2, 0.25) is 0 Å². The fourth-order valence-electron chi connectivity index (χ4n) is 1.65. The van der Waals surface area contributed by atoms with Crippen LogP contribution in [-0.4, -0.2) is 19.8 Å². The van der Waals surface area contributed by atoms with E-state index in [2.05, 4.69) is 15.9 Å². The molecule has 3 nitrogen and oxygen atoms in total. The molecule has 2 aromatic carbocycles.